The SMILES string of the molecule is CCCCCCCCCC(=O)OCCc1ccc(OCc2ccc(C)cc2)cc1. The number of unbranched alkanes of at least 4 members (excludes halogenated alkanes) is 6. The normalized spacial score (nSPS) is 10.7. The van der Waals surface area contributed by atoms with E-state index >= 15 is 0 Å². The zero-order chi connectivity index (χ0) is 20.7. The van der Waals surface area contributed by atoms with Crippen molar-refractivity contribution in [3.05, 3.63) is 65.2 Å². The van der Waals surface area contributed by atoms with Gasteiger partial charge in [-0.2, -0.15) is 0 Å². The van der Waals surface area contributed by atoms with Crippen LogP contribution in [0.15, 0.2) is 48.5 Å². The van der Waals surface area contributed by atoms with Crippen LogP contribution in [0.4, 0.5) is 0 Å². The number of rotatable bonds is 14. The standard InChI is InChI=1S/C26H36O3/c1-3-4-5-6-7-8-9-10-26(27)28-20-19-23-15-17-25(18-16-23)29-21-24-13-11-22(2)12-14-24/h11-18H,3-10,19-21H2,1-2H3. The second-order valence-electron chi connectivity index (χ2n) is 7.76. The Morgan fingerprint density at radius 1 is 0.793 bits per heavy atom. The molecule has 0 spiro atoms. The van der Waals surface area contributed by atoms with Crippen molar-refractivity contribution < 1.29 is 14.3 Å². The molecular formula is C26H36O3. The van der Waals surface area contributed by atoms with Crippen LogP contribution in [0.3, 0.4) is 0 Å². The van der Waals surface area contributed by atoms with Crippen LogP contribution in [-0.2, 0) is 22.6 Å². The van der Waals surface area contributed by atoms with Crippen LogP contribution in [0.1, 0.15) is 75.0 Å². The number of carbonyl (C=O) groups is 1. The average Bonchev–Trinajstić information content (AvgIpc) is 2.73. The topological polar surface area (TPSA) is 35.5 Å². The molecule has 158 valence electrons. The van der Waals surface area contributed by atoms with E-state index in [1.54, 1.807) is 0 Å². The van der Waals surface area contributed by atoms with Gasteiger partial charge in [-0.3, -0.25) is 4.79 Å². The van der Waals surface area contributed by atoms with E-state index in [9.17, 15) is 4.79 Å². The highest BCUT2D eigenvalue weighted by molar-refractivity contribution is 5.69. The zero-order valence-corrected chi connectivity index (χ0v) is 18.1. The second kappa shape index (κ2) is 13.8. The molecule has 0 saturated heterocycles. The third-order valence-electron chi connectivity index (χ3n) is 5.09. The van der Waals surface area contributed by atoms with Gasteiger partial charge in [-0.05, 0) is 36.6 Å². The maximum atomic E-state index is 11.8. The Kier molecular flexibility index (Phi) is 11.0. The molecule has 3 nitrogen and oxygen atoms in total. The molecule has 0 radical (unpaired) electrons. The molecular weight excluding hydrogens is 360 g/mol. The lowest BCUT2D eigenvalue weighted by atomic mass is 10.1. The Labute approximate surface area is 176 Å². The summed E-state index contributed by atoms with van der Waals surface area (Å²) in [6.07, 6.45) is 9.77. The molecule has 29 heavy (non-hydrogen) atoms. The Morgan fingerprint density at radius 3 is 2.10 bits per heavy atom. The fourth-order valence-electron chi connectivity index (χ4n) is 3.18. The molecule has 0 saturated carbocycles. The lowest BCUT2D eigenvalue weighted by molar-refractivity contribution is -0.143. The lowest BCUT2D eigenvalue weighted by Gasteiger charge is -2.08. The van der Waals surface area contributed by atoms with Crippen LogP contribution in [0.2, 0.25) is 0 Å². The predicted molar refractivity (Wildman–Crippen MR) is 119 cm³/mol. The summed E-state index contributed by atoms with van der Waals surface area (Å²) in [4.78, 5) is 11.8. The molecule has 2 aromatic carbocycles. The van der Waals surface area contributed by atoms with Gasteiger partial charge >= 0.3 is 5.97 Å². The molecule has 0 unspecified atom stereocenters. The molecule has 0 N–H and O–H groups in total. The van der Waals surface area contributed by atoms with Crippen molar-refractivity contribution in [1.29, 1.82) is 0 Å². The van der Waals surface area contributed by atoms with E-state index in [1.807, 2.05) is 24.3 Å². The molecule has 0 aliphatic carbocycles. The van der Waals surface area contributed by atoms with Crippen molar-refractivity contribution in [2.75, 3.05) is 6.61 Å². The minimum Gasteiger partial charge on any atom is -0.489 e. The van der Waals surface area contributed by atoms with Gasteiger partial charge in [0, 0.05) is 12.8 Å². The summed E-state index contributed by atoms with van der Waals surface area (Å²) in [5.74, 6) is 0.780. The third kappa shape index (κ3) is 10.2. The summed E-state index contributed by atoms with van der Waals surface area (Å²) >= 11 is 0. The maximum absolute atomic E-state index is 11.8. The highest BCUT2D eigenvalue weighted by Crippen LogP contribution is 2.15. The quantitative estimate of drug-likeness (QED) is 0.260. The second-order valence-corrected chi connectivity index (χ2v) is 7.76. The van der Waals surface area contributed by atoms with Crippen LogP contribution in [0.25, 0.3) is 0 Å². The van der Waals surface area contributed by atoms with Gasteiger partial charge in [-0.25, -0.2) is 0 Å². The van der Waals surface area contributed by atoms with E-state index < -0.39 is 0 Å². The third-order valence-corrected chi connectivity index (χ3v) is 5.09. The fraction of sp³-hybridized carbons (Fsp3) is 0.500. The van der Waals surface area contributed by atoms with Gasteiger partial charge in [0.1, 0.15) is 12.4 Å². The molecule has 2 aromatic rings. The molecule has 3 heteroatoms. The van der Waals surface area contributed by atoms with Gasteiger partial charge in [0.15, 0.2) is 0 Å². The van der Waals surface area contributed by atoms with E-state index in [-0.39, 0.29) is 5.97 Å². The Bertz CT molecular complexity index is 689. The number of carbonyl (C=O) groups excluding carboxylic acids is 1. The number of hydrogen-bond acceptors (Lipinski definition) is 3. The first-order chi connectivity index (χ1) is 14.2. The zero-order valence-electron chi connectivity index (χ0n) is 18.1. The molecule has 0 aromatic heterocycles. The molecule has 0 amide bonds. The number of ether oxygens (including phenoxy) is 2. The molecule has 2 rings (SSSR count). The van der Waals surface area contributed by atoms with Gasteiger partial charge in [-0.1, -0.05) is 87.4 Å². The van der Waals surface area contributed by atoms with Crippen molar-refractivity contribution >= 4 is 5.97 Å². The molecule has 0 aliphatic rings. The minimum absolute atomic E-state index is 0.0726. The van der Waals surface area contributed by atoms with Crippen LogP contribution >= 0.6 is 0 Å². The lowest BCUT2D eigenvalue weighted by Crippen LogP contribution is -2.07. The Morgan fingerprint density at radius 2 is 1.41 bits per heavy atom. The van der Waals surface area contributed by atoms with Crippen LogP contribution in [-0.4, -0.2) is 12.6 Å². The molecule has 0 fully saturated rings. The predicted octanol–water partition coefficient (Wildman–Crippen LogP) is 6.80. The smallest absolute Gasteiger partial charge is 0.305 e. The van der Waals surface area contributed by atoms with E-state index in [0.29, 0.717) is 19.6 Å². The van der Waals surface area contributed by atoms with Crippen molar-refractivity contribution in [1.82, 2.24) is 0 Å². The fourth-order valence-corrected chi connectivity index (χ4v) is 3.18. The highest BCUT2D eigenvalue weighted by atomic mass is 16.5. The number of benzene rings is 2. The van der Waals surface area contributed by atoms with Gasteiger partial charge < -0.3 is 9.47 Å². The van der Waals surface area contributed by atoms with Gasteiger partial charge in [0.25, 0.3) is 0 Å². The first-order valence-corrected chi connectivity index (χ1v) is 11.1. The summed E-state index contributed by atoms with van der Waals surface area (Å²) in [7, 11) is 0. The average molecular weight is 397 g/mol. The summed E-state index contributed by atoms with van der Waals surface area (Å²) in [5, 5.41) is 0. The van der Waals surface area contributed by atoms with E-state index in [1.165, 1.54) is 37.7 Å². The number of aryl methyl sites for hydroxylation is 1. The first-order valence-electron chi connectivity index (χ1n) is 11.1. The summed E-state index contributed by atoms with van der Waals surface area (Å²) in [5.41, 5.74) is 3.56. The molecule has 0 aliphatic heterocycles. The molecule has 0 bridgehead atoms. The van der Waals surface area contributed by atoms with Crippen molar-refractivity contribution in [2.45, 2.75) is 78.2 Å². The van der Waals surface area contributed by atoms with Gasteiger partial charge in [0.05, 0.1) is 6.61 Å². The largest absolute Gasteiger partial charge is 0.489 e. The Balaban J connectivity index is 1.56. The van der Waals surface area contributed by atoms with Gasteiger partial charge in [0.2, 0.25) is 0 Å². The van der Waals surface area contributed by atoms with Crippen molar-refractivity contribution in [3.63, 3.8) is 0 Å². The monoisotopic (exact) mass is 396 g/mol. The van der Waals surface area contributed by atoms with E-state index in [4.69, 9.17) is 9.47 Å². The van der Waals surface area contributed by atoms with Crippen LogP contribution < -0.4 is 4.74 Å². The summed E-state index contributed by atoms with van der Waals surface area (Å²) < 4.78 is 11.2. The maximum Gasteiger partial charge on any atom is 0.305 e. The summed E-state index contributed by atoms with van der Waals surface area (Å²) in [6, 6.07) is 16.4. The Hall–Kier alpha value is -2.29. The van der Waals surface area contributed by atoms with Crippen molar-refractivity contribution in [2.24, 2.45) is 0 Å². The highest BCUT2D eigenvalue weighted by Gasteiger charge is 2.04. The number of hydrogen-bond donors (Lipinski definition) is 0. The van der Waals surface area contributed by atoms with E-state index in [0.717, 1.165) is 36.1 Å². The number of esters is 1. The van der Waals surface area contributed by atoms with Crippen molar-refractivity contribution in [3.8, 4) is 5.75 Å². The van der Waals surface area contributed by atoms with Crippen LogP contribution in [0.5, 0.6) is 5.75 Å². The first kappa shape index (κ1) is 23.0. The molecule has 0 atom stereocenters. The van der Waals surface area contributed by atoms with E-state index in [2.05, 4.69) is 38.1 Å². The summed E-state index contributed by atoms with van der Waals surface area (Å²) in [6.45, 7) is 5.32. The van der Waals surface area contributed by atoms with Gasteiger partial charge in [-0.15, -0.1) is 0 Å². The molecule has 0 heterocycles. The van der Waals surface area contributed by atoms with Crippen LogP contribution in [0, 0.1) is 6.92 Å². The minimum atomic E-state index is -0.0726.